The predicted molar refractivity (Wildman–Crippen MR) is 123 cm³/mol. The van der Waals surface area contributed by atoms with Crippen LogP contribution in [0, 0.1) is 0 Å². The third-order valence-electron chi connectivity index (χ3n) is 5.47. The number of aromatic nitrogens is 1. The van der Waals surface area contributed by atoms with E-state index in [9.17, 15) is 22.8 Å². The Morgan fingerprint density at radius 3 is 2.42 bits per heavy atom. The van der Waals surface area contributed by atoms with Crippen molar-refractivity contribution in [1.82, 2.24) is 10.3 Å². The number of alkyl halides is 3. The van der Waals surface area contributed by atoms with Gasteiger partial charge in [0.1, 0.15) is 5.54 Å². The van der Waals surface area contributed by atoms with E-state index in [4.69, 9.17) is 0 Å². The number of benzene rings is 2. The van der Waals surface area contributed by atoms with Crippen LogP contribution in [0.1, 0.15) is 12.5 Å². The van der Waals surface area contributed by atoms with Gasteiger partial charge in [0, 0.05) is 42.7 Å². The monoisotopic (exact) mass is 474 g/mol. The van der Waals surface area contributed by atoms with E-state index < -0.39 is 23.0 Å². The van der Waals surface area contributed by atoms with Gasteiger partial charge in [-0.2, -0.15) is 13.2 Å². The van der Waals surface area contributed by atoms with E-state index in [1.807, 2.05) is 43.3 Å². The molecule has 2 heterocycles. The number of anilines is 2. The van der Waals surface area contributed by atoms with Crippen LogP contribution in [0.5, 0.6) is 0 Å². The molecule has 3 amide bonds. The zero-order chi connectivity index (χ0) is 24.0. The Kier molecular flexibility index (Phi) is 5.73. The molecule has 33 heavy (non-hydrogen) atoms. The number of hydrogen-bond donors (Lipinski definition) is 1. The van der Waals surface area contributed by atoms with Crippen molar-refractivity contribution in [3.05, 3.63) is 60.3 Å². The van der Waals surface area contributed by atoms with Gasteiger partial charge in [-0.15, -0.1) is 0 Å². The fourth-order valence-corrected chi connectivity index (χ4v) is 4.38. The molecule has 4 rings (SSSR count). The fourth-order valence-electron chi connectivity index (χ4n) is 3.84. The van der Waals surface area contributed by atoms with Gasteiger partial charge in [-0.1, -0.05) is 6.07 Å². The molecule has 1 fully saturated rings. The van der Waals surface area contributed by atoms with E-state index in [2.05, 4.69) is 10.3 Å². The number of amides is 3. The van der Waals surface area contributed by atoms with Gasteiger partial charge < -0.3 is 10.2 Å². The Morgan fingerprint density at radius 1 is 1.09 bits per heavy atom. The maximum Gasteiger partial charge on any atom is 0.446 e. The van der Waals surface area contributed by atoms with Crippen LogP contribution in [-0.2, 0) is 11.2 Å². The summed E-state index contributed by atoms with van der Waals surface area (Å²) in [6, 6.07) is 12.2. The molecule has 3 aromatic rings. The molecular weight excluding hydrogens is 453 g/mol. The second-order valence-electron chi connectivity index (χ2n) is 8.19. The minimum Gasteiger partial charge on any atom is -0.378 e. The number of carbonyl (C=O) groups is 2. The van der Waals surface area contributed by atoms with Crippen molar-refractivity contribution in [3.63, 3.8) is 0 Å². The number of thioether (sulfide) groups is 1. The molecule has 0 radical (unpaired) electrons. The van der Waals surface area contributed by atoms with E-state index in [0.717, 1.165) is 27.1 Å². The smallest absolute Gasteiger partial charge is 0.378 e. The Balaban J connectivity index is 1.60. The van der Waals surface area contributed by atoms with Crippen molar-refractivity contribution in [1.29, 1.82) is 0 Å². The molecule has 1 aliphatic rings. The van der Waals surface area contributed by atoms with Crippen LogP contribution in [0.4, 0.5) is 29.3 Å². The number of nitrogens with zero attached hydrogens (tertiary/aromatic N) is 3. The van der Waals surface area contributed by atoms with Gasteiger partial charge in [-0.25, -0.2) is 9.69 Å². The first-order valence-corrected chi connectivity index (χ1v) is 10.9. The summed E-state index contributed by atoms with van der Waals surface area (Å²) in [7, 11) is 3.86. The average Bonchev–Trinajstić information content (AvgIpc) is 2.95. The number of rotatable bonds is 5. The van der Waals surface area contributed by atoms with Gasteiger partial charge in [-0.3, -0.25) is 9.78 Å². The number of halogens is 3. The normalized spacial score (nSPS) is 18.7. The zero-order valence-electron chi connectivity index (χ0n) is 18.1. The third-order valence-corrected chi connectivity index (χ3v) is 6.21. The van der Waals surface area contributed by atoms with Crippen molar-refractivity contribution in [3.8, 4) is 0 Å². The highest BCUT2D eigenvalue weighted by molar-refractivity contribution is 8.00. The molecule has 0 aliphatic carbocycles. The maximum atomic E-state index is 13.3. The standard InChI is InChI=1S/C23H21F3N4O2S/c1-22(13-14-10-11-27-19-12-16(29(2)3)6-9-18(14)19)20(31)30(21(32)28-22)15-4-7-17(8-5-15)33-23(24,25)26/h4-12H,13H2,1-3H3,(H,28,32). The van der Waals surface area contributed by atoms with Gasteiger partial charge in [0.05, 0.1) is 11.2 Å². The molecule has 172 valence electrons. The Bertz CT molecular complexity index is 1230. The van der Waals surface area contributed by atoms with Gasteiger partial charge in [0.25, 0.3) is 5.91 Å². The zero-order valence-corrected chi connectivity index (χ0v) is 18.9. The van der Waals surface area contributed by atoms with E-state index in [0.29, 0.717) is 0 Å². The average molecular weight is 475 g/mol. The molecular formula is C23H21F3N4O2S. The lowest BCUT2D eigenvalue weighted by molar-refractivity contribution is -0.121. The number of pyridine rings is 1. The van der Waals surface area contributed by atoms with E-state index in [1.54, 1.807) is 13.1 Å². The summed E-state index contributed by atoms with van der Waals surface area (Å²) >= 11 is -0.254. The number of nitrogens with one attached hydrogen (secondary N) is 1. The minimum atomic E-state index is -4.42. The molecule has 1 saturated heterocycles. The first-order chi connectivity index (χ1) is 15.5. The Labute approximate surface area is 192 Å². The van der Waals surface area contributed by atoms with Crippen LogP contribution in [-0.4, -0.2) is 42.1 Å². The second-order valence-corrected chi connectivity index (χ2v) is 9.33. The topological polar surface area (TPSA) is 65.5 Å². The number of hydrogen-bond acceptors (Lipinski definition) is 5. The molecule has 10 heteroatoms. The van der Waals surface area contributed by atoms with Crippen LogP contribution in [0.25, 0.3) is 10.9 Å². The molecule has 0 bridgehead atoms. The van der Waals surface area contributed by atoms with Crippen LogP contribution in [0.3, 0.4) is 0 Å². The quantitative estimate of drug-likeness (QED) is 0.418. The van der Waals surface area contributed by atoms with Crippen molar-refractivity contribution in [2.45, 2.75) is 29.3 Å². The lowest BCUT2D eigenvalue weighted by atomic mass is 9.91. The lowest BCUT2D eigenvalue weighted by Crippen LogP contribution is -2.46. The van der Waals surface area contributed by atoms with Crippen molar-refractivity contribution in [2.75, 3.05) is 23.9 Å². The summed E-state index contributed by atoms with van der Waals surface area (Å²) in [5.41, 5.74) is -2.81. The summed E-state index contributed by atoms with van der Waals surface area (Å²) in [4.78, 5) is 33.3. The van der Waals surface area contributed by atoms with Gasteiger partial charge in [-0.05, 0) is 66.7 Å². The SMILES string of the molecule is CN(C)c1ccc2c(CC3(C)NC(=O)N(c4ccc(SC(F)(F)F)cc4)C3=O)ccnc2c1. The Morgan fingerprint density at radius 2 is 1.79 bits per heavy atom. The van der Waals surface area contributed by atoms with E-state index in [-0.39, 0.29) is 28.8 Å². The first-order valence-electron chi connectivity index (χ1n) is 10.0. The number of imide groups is 1. The fraction of sp³-hybridized carbons (Fsp3) is 0.261. The maximum absolute atomic E-state index is 13.3. The molecule has 0 saturated carbocycles. The highest BCUT2D eigenvalue weighted by atomic mass is 32.2. The molecule has 1 aliphatic heterocycles. The lowest BCUT2D eigenvalue weighted by Gasteiger charge is -2.23. The number of urea groups is 1. The molecule has 6 nitrogen and oxygen atoms in total. The molecule has 0 spiro atoms. The minimum absolute atomic E-state index is 0.0265. The van der Waals surface area contributed by atoms with E-state index in [1.165, 1.54) is 24.3 Å². The highest BCUT2D eigenvalue weighted by Gasteiger charge is 2.48. The van der Waals surface area contributed by atoms with Crippen LogP contribution in [0.15, 0.2) is 59.6 Å². The summed E-state index contributed by atoms with van der Waals surface area (Å²) in [6.07, 6.45) is 1.90. The van der Waals surface area contributed by atoms with Crippen LogP contribution in [0.2, 0.25) is 0 Å². The molecule has 1 aromatic heterocycles. The predicted octanol–water partition coefficient (Wildman–Crippen LogP) is 4.97. The second kappa shape index (κ2) is 8.26. The molecule has 1 unspecified atom stereocenters. The van der Waals surface area contributed by atoms with Crippen molar-refractivity contribution >= 4 is 46.0 Å². The molecule has 1 N–H and O–H groups in total. The van der Waals surface area contributed by atoms with Crippen LogP contribution >= 0.6 is 11.8 Å². The van der Waals surface area contributed by atoms with Gasteiger partial charge >= 0.3 is 11.5 Å². The Hall–Kier alpha value is -3.27. The number of carbonyl (C=O) groups excluding carboxylic acids is 2. The van der Waals surface area contributed by atoms with Gasteiger partial charge in [0.15, 0.2) is 0 Å². The summed E-state index contributed by atoms with van der Waals surface area (Å²) in [5.74, 6) is -0.474. The number of fused-ring (bicyclic) bond motifs is 1. The van der Waals surface area contributed by atoms with Gasteiger partial charge in [0.2, 0.25) is 0 Å². The molecule has 2 aromatic carbocycles. The van der Waals surface area contributed by atoms with Crippen molar-refractivity contribution < 1.29 is 22.8 Å². The van der Waals surface area contributed by atoms with E-state index >= 15 is 0 Å². The molecule has 1 atom stereocenters. The summed E-state index contributed by atoms with van der Waals surface area (Å²) in [5, 5.41) is 3.62. The largest absolute Gasteiger partial charge is 0.446 e. The first kappa shape index (κ1) is 22.9. The van der Waals surface area contributed by atoms with Crippen LogP contribution < -0.4 is 15.1 Å². The highest BCUT2D eigenvalue weighted by Crippen LogP contribution is 2.38. The summed E-state index contributed by atoms with van der Waals surface area (Å²) < 4.78 is 37.7. The summed E-state index contributed by atoms with van der Waals surface area (Å²) in [6.45, 7) is 1.64. The third kappa shape index (κ3) is 4.61. The van der Waals surface area contributed by atoms with Crippen molar-refractivity contribution in [2.24, 2.45) is 0 Å².